The average molecular weight is 597 g/mol. The third-order valence-corrected chi connectivity index (χ3v) is 9.49. The van der Waals surface area contributed by atoms with Crippen molar-refractivity contribution in [2.45, 2.75) is 122 Å². The number of ether oxygens (including phenoxy) is 6. The number of carbonyl (C=O) groups is 5. The number of hydrogen-bond donors (Lipinski definition) is 2. The topological polar surface area (TPSA) is 184 Å². The van der Waals surface area contributed by atoms with Gasteiger partial charge in [0, 0.05) is 39.5 Å². The van der Waals surface area contributed by atoms with Gasteiger partial charge in [0.25, 0.3) is 0 Å². The smallest absolute Gasteiger partial charge is 0.342 e. The maximum Gasteiger partial charge on any atom is 0.342 e. The fraction of sp³-hybridized carbons (Fsp3) is 0.759. The van der Waals surface area contributed by atoms with Crippen molar-refractivity contribution < 1.29 is 62.6 Å². The molecule has 0 aromatic rings. The van der Waals surface area contributed by atoms with Crippen molar-refractivity contribution >= 4 is 29.8 Å². The van der Waals surface area contributed by atoms with E-state index in [1.54, 1.807) is 20.8 Å². The number of aliphatic hydroxyl groups is 2. The summed E-state index contributed by atoms with van der Waals surface area (Å²) in [6.45, 7) is 11.3. The van der Waals surface area contributed by atoms with Crippen molar-refractivity contribution in [2.75, 3.05) is 0 Å². The highest BCUT2D eigenvalue weighted by atomic mass is 16.7. The lowest BCUT2D eigenvalue weighted by Gasteiger charge is -2.57. The molecule has 3 fully saturated rings. The zero-order valence-corrected chi connectivity index (χ0v) is 25.1. The maximum atomic E-state index is 13.0. The Morgan fingerprint density at radius 2 is 1.60 bits per heavy atom. The van der Waals surface area contributed by atoms with Gasteiger partial charge in [-0.3, -0.25) is 19.2 Å². The molecule has 13 nitrogen and oxygen atoms in total. The summed E-state index contributed by atoms with van der Waals surface area (Å²) in [6, 6.07) is 0. The summed E-state index contributed by atoms with van der Waals surface area (Å²) in [5.74, 6) is -5.40. The molecular weight excluding hydrogens is 556 g/mol. The number of aliphatic hydroxyl groups excluding tert-OH is 2. The van der Waals surface area contributed by atoms with Crippen LogP contribution in [0.25, 0.3) is 0 Å². The van der Waals surface area contributed by atoms with Crippen LogP contribution in [0, 0.1) is 17.3 Å². The predicted octanol–water partition coefficient (Wildman–Crippen LogP) is 0.900. The number of carbonyl (C=O) groups excluding carboxylic acids is 5. The molecule has 0 aromatic carbocycles. The van der Waals surface area contributed by atoms with E-state index in [9.17, 15) is 34.2 Å². The lowest BCUT2D eigenvalue weighted by Crippen LogP contribution is -2.69. The summed E-state index contributed by atoms with van der Waals surface area (Å²) in [5.41, 5.74) is -4.62. The summed E-state index contributed by atoms with van der Waals surface area (Å²) >= 11 is 0. The second-order valence-electron chi connectivity index (χ2n) is 12.1. The van der Waals surface area contributed by atoms with Gasteiger partial charge in [-0.25, -0.2) is 4.79 Å². The van der Waals surface area contributed by atoms with Gasteiger partial charge in [0.05, 0.1) is 11.5 Å². The van der Waals surface area contributed by atoms with Crippen molar-refractivity contribution in [3.8, 4) is 0 Å². The molecule has 234 valence electrons. The van der Waals surface area contributed by atoms with Crippen LogP contribution in [-0.4, -0.2) is 94.0 Å². The number of rotatable bonds is 5. The molecule has 2 unspecified atom stereocenters. The van der Waals surface area contributed by atoms with Crippen LogP contribution in [0.4, 0.5) is 0 Å². The standard InChI is InChI=1S/C29H40O13/c1-9-20(33)40-17-11-18(37-14(4)30)27(7)21(13(17)3)24(35)29-19(41-26(36)28(29,8)42-29)10-12(2)22(34)23(38-15(5)31)25(27)39-16(6)32/h10,13,17-19,21-25,34-35H,9,11H2,1-8H3/b12-10-/t13?,17?,18-,19-,21+,22-,23-,24+,25-,27-,28-,29-/m0/s1. The van der Waals surface area contributed by atoms with Gasteiger partial charge < -0.3 is 38.6 Å². The number of esters is 5. The SMILES string of the molecule is CCC(=O)OC1C[C@H](OC(C)=O)[C@@]2(C)[C@H](C1C)[C@@H](O)[C@]13O[C@@]1(C)C(=O)O[C@H]3/C=C(/C)[C@H](O)[C@H](OC(C)=O)[C@@H]2OC(C)=O. The van der Waals surface area contributed by atoms with Gasteiger partial charge in [-0.2, -0.15) is 0 Å². The zero-order chi connectivity index (χ0) is 31.5. The summed E-state index contributed by atoms with van der Waals surface area (Å²) < 4.78 is 34.6. The molecule has 2 N–H and O–H groups in total. The van der Waals surface area contributed by atoms with E-state index in [0.29, 0.717) is 0 Å². The van der Waals surface area contributed by atoms with Crippen LogP contribution in [0.5, 0.6) is 0 Å². The Hall–Kier alpha value is -3.03. The molecule has 2 aliphatic heterocycles. The average Bonchev–Trinajstić information content (AvgIpc) is 3.48. The minimum Gasteiger partial charge on any atom is -0.462 e. The molecule has 13 heteroatoms. The van der Waals surface area contributed by atoms with Crippen LogP contribution in [0.2, 0.25) is 0 Å². The van der Waals surface area contributed by atoms with E-state index in [0.717, 1.165) is 13.8 Å². The summed E-state index contributed by atoms with van der Waals surface area (Å²) in [6.07, 6.45) is -8.02. The van der Waals surface area contributed by atoms with Crippen LogP contribution in [0.15, 0.2) is 11.6 Å². The fourth-order valence-corrected chi connectivity index (χ4v) is 7.38. The lowest BCUT2D eigenvalue weighted by atomic mass is 9.52. The van der Waals surface area contributed by atoms with Crippen molar-refractivity contribution in [3.05, 3.63) is 11.6 Å². The van der Waals surface area contributed by atoms with Crippen molar-refractivity contribution in [1.29, 1.82) is 0 Å². The second-order valence-corrected chi connectivity index (χ2v) is 12.1. The molecule has 12 atom stereocenters. The van der Waals surface area contributed by atoms with E-state index in [1.165, 1.54) is 26.8 Å². The third kappa shape index (κ3) is 4.79. The van der Waals surface area contributed by atoms with Gasteiger partial charge in [0.15, 0.2) is 29.5 Å². The first-order valence-corrected chi connectivity index (χ1v) is 14.1. The van der Waals surface area contributed by atoms with Crippen molar-refractivity contribution in [2.24, 2.45) is 17.3 Å². The molecule has 2 saturated heterocycles. The molecule has 0 amide bonds. The van der Waals surface area contributed by atoms with Gasteiger partial charge >= 0.3 is 29.8 Å². The molecule has 4 aliphatic rings. The zero-order valence-electron chi connectivity index (χ0n) is 25.1. The molecule has 2 heterocycles. The van der Waals surface area contributed by atoms with Crippen LogP contribution in [0.1, 0.15) is 68.2 Å². The minimum atomic E-state index is -1.64. The fourth-order valence-electron chi connectivity index (χ4n) is 7.38. The molecule has 0 radical (unpaired) electrons. The molecular formula is C29H40O13. The second kappa shape index (κ2) is 10.9. The molecule has 1 saturated carbocycles. The number of fused-ring (bicyclic) bond motifs is 1. The molecule has 0 aromatic heterocycles. The number of hydrogen-bond acceptors (Lipinski definition) is 13. The Morgan fingerprint density at radius 3 is 2.12 bits per heavy atom. The Labute approximate surface area is 243 Å². The van der Waals surface area contributed by atoms with E-state index in [-0.39, 0.29) is 18.4 Å². The molecule has 42 heavy (non-hydrogen) atoms. The van der Waals surface area contributed by atoms with Gasteiger partial charge in [0.2, 0.25) is 0 Å². The Kier molecular flexibility index (Phi) is 8.29. The highest BCUT2D eigenvalue weighted by Gasteiger charge is 2.86. The summed E-state index contributed by atoms with van der Waals surface area (Å²) in [4.78, 5) is 62.9. The normalized spacial score (nSPS) is 45.4. The highest BCUT2D eigenvalue weighted by Crippen LogP contribution is 2.65. The van der Waals surface area contributed by atoms with Gasteiger partial charge in [-0.05, 0) is 31.4 Å². The Bertz CT molecular complexity index is 1200. The van der Waals surface area contributed by atoms with Crippen molar-refractivity contribution in [3.63, 3.8) is 0 Å². The summed E-state index contributed by atoms with van der Waals surface area (Å²) in [7, 11) is 0. The predicted molar refractivity (Wildman–Crippen MR) is 140 cm³/mol. The molecule has 4 rings (SSSR count). The van der Waals surface area contributed by atoms with Crippen molar-refractivity contribution in [1.82, 2.24) is 0 Å². The van der Waals surface area contributed by atoms with Crippen LogP contribution in [0.3, 0.4) is 0 Å². The van der Waals surface area contributed by atoms with Crippen LogP contribution >= 0.6 is 0 Å². The lowest BCUT2D eigenvalue weighted by molar-refractivity contribution is -0.250. The van der Waals surface area contributed by atoms with Gasteiger partial charge in [-0.15, -0.1) is 0 Å². The first kappa shape index (κ1) is 31.9. The molecule has 2 aliphatic carbocycles. The molecule has 0 bridgehead atoms. The Balaban J connectivity index is 2.04. The molecule has 1 spiro atoms. The van der Waals surface area contributed by atoms with Crippen LogP contribution in [-0.2, 0) is 52.4 Å². The third-order valence-electron chi connectivity index (χ3n) is 9.49. The first-order chi connectivity index (χ1) is 19.4. The first-order valence-electron chi connectivity index (χ1n) is 14.1. The van der Waals surface area contributed by atoms with E-state index in [2.05, 4.69) is 0 Å². The van der Waals surface area contributed by atoms with E-state index >= 15 is 0 Å². The van der Waals surface area contributed by atoms with Gasteiger partial charge in [0.1, 0.15) is 18.3 Å². The van der Waals surface area contributed by atoms with E-state index in [1.807, 2.05) is 0 Å². The minimum absolute atomic E-state index is 0.0579. The van der Waals surface area contributed by atoms with E-state index < -0.39 is 101 Å². The Morgan fingerprint density at radius 1 is 1.00 bits per heavy atom. The van der Waals surface area contributed by atoms with E-state index in [4.69, 9.17) is 28.4 Å². The highest BCUT2D eigenvalue weighted by molar-refractivity contribution is 5.89. The maximum absolute atomic E-state index is 13.0. The van der Waals surface area contributed by atoms with Gasteiger partial charge in [-0.1, -0.05) is 20.8 Å². The number of epoxide rings is 1. The monoisotopic (exact) mass is 596 g/mol. The largest absolute Gasteiger partial charge is 0.462 e. The summed E-state index contributed by atoms with van der Waals surface area (Å²) in [5, 5.41) is 24.0. The van der Waals surface area contributed by atoms with Crippen LogP contribution < -0.4 is 0 Å². The quantitative estimate of drug-likeness (QED) is 0.198.